The van der Waals surface area contributed by atoms with Crippen LogP contribution in [0.15, 0.2) is 35.5 Å². The molecule has 0 unspecified atom stereocenters. The fourth-order valence-electron chi connectivity index (χ4n) is 3.95. The van der Waals surface area contributed by atoms with E-state index in [0.717, 1.165) is 25.9 Å². The van der Waals surface area contributed by atoms with Crippen LogP contribution in [0, 0.1) is 0 Å². The molecule has 27 heavy (non-hydrogen) atoms. The summed E-state index contributed by atoms with van der Waals surface area (Å²) in [5, 5.41) is 0. The van der Waals surface area contributed by atoms with Gasteiger partial charge in [0.2, 0.25) is 5.91 Å². The molecule has 1 saturated heterocycles. The summed E-state index contributed by atoms with van der Waals surface area (Å²) >= 11 is 0. The first-order valence-corrected chi connectivity index (χ1v) is 9.15. The summed E-state index contributed by atoms with van der Waals surface area (Å²) in [5.41, 5.74) is -1.95. The van der Waals surface area contributed by atoms with Crippen molar-refractivity contribution in [3.05, 3.63) is 35.5 Å². The Balaban J connectivity index is 1.79. The normalized spacial score (nSPS) is 29.1. The van der Waals surface area contributed by atoms with Gasteiger partial charge in [0, 0.05) is 19.5 Å². The summed E-state index contributed by atoms with van der Waals surface area (Å²) in [6.07, 6.45) is 10.1. The van der Waals surface area contributed by atoms with Crippen molar-refractivity contribution < 1.29 is 28.6 Å². The molecular weight excluding hydrogens is 350 g/mol. The van der Waals surface area contributed by atoms with Crippen LogP contribution in [0.5, 0.6) is 0 Å². The maximum atomic E-state index is 12.4. The van der Waals surface area contributed by atoms with E-state index in [2.05, 4.69) is 0 Å². The highest BCUT2D eigenvalue weighted by Crippen LogP contribution is 2.51. The molecule has 7 nitrogen and oxygen atoms in total. The van der Waals surface area contributed by atoms with Gasteiger partial charge in [-0.3, -0.25) is 4.79 Å². The molecule has 2 atom stereocenters. The lowest BCUT2D eigenvalue weighted by Gasteiger charge is -2.22. The van der Waals surface area contributed by atoms with Crippen LogP contribution in [0.3, 0.4) is 0 Å². The standard InChI is InChI=1S/C20H25NO6/c1-19-10-11-20(27-19,16(18(24)26-3)15(19)17(23)25-2)9-5-4-8-14(22)21-12-6-7-13-21/h5,9-11H,4,6-8,12-13H2,1-3H3/b9-5-/t19-,20+/m1/s1. The van der Waals surface area contributed by atoms with Gasteiger partial charge in [-0.05, 0) is 44.4 Å². The average molecular weight is 375 g/mol. The Kier molecular flexibility index (Phi) is 5.24. The lowest BCUT2D eigenvalue weighted by molar-refractivity contribution is -0.139. The molecule has 3 rings (SSSR count). The van der Waals surface area contributed by atoms with Crippen molar-refractivity contribution in [2.24, 2.45) is 0 Å². The summed E-state index contributed by atoms with van der Waals surface area (Å²) in [5.74, 6) is -1.13. The van der Waals surface area contributed by atoms with E-state index in [0.29, 0.717) is 12.8 Å². The number of rotatable bonds is 6. The third-order valence-corrected chi connectivity index (χ3v) is 5.30. The molecular formula is C20H25NO6. The molecule has 146 valence electrons. The van der Waals surface area contributed by atoms with E-state index in [4.69, 9.17) is 14.2 Å². The number of nitrogens with zero attached hydrogens (tertiary/aromatic N) is 1. The van der Waals surface area contributed by atoms with Crippen LogP contribution in [0.4, 0.5) is 0 Å². The van der Waals surface area contributed by atoms with Crippen molar-refractivity contribution in [2.45, 2.75) is 43.8 Å². The van der Waals surface area contributed by atoms with Crippen LogP contribution in [0.1, 0.15) is 32.6 Å². The van der Waals surface area contributed by atoms with Crippen molar-refractivity contribution in [2.75, 3.05) is 27.3 Å². The van der Waals surface area contributed by atoms with Crippen LogP contribution in [-0.4, -0.2) is 61.3 Å². The zero-order valence-electron chi connectivity index (χ0n) is 15.9. The molecule has 0 saturated carbocycles. The largest absolute Gasteiger partial charge is 0.466 e. The predicted octanol–water partition coefficient (Wildman–Crippen LogP) is 1.69. The fourth-order valence-corrected chi connectivity index (χ4v) is 3.95. The number of likely N-dealkylation sites (tertiary alicyclic amines) is 1. The van der Waals surface area contributed by atoms with Gasteiger partial charge in [0.25, 0.3) is 0 Å². The van der Waals surface area contributed by atoms with E-state index in [1.165, 1.54) is 14.2 Å². The first-order valence-electron chi connectivity index (χ1n) is 9.15. The van der Waals surface area contributed by atoms with Gasteiger partial charge < -0.3 is 19.1 Å². The summed E-state index contributed by atoms with van der Waals surface area (Å²) in [6, 6.07) is 0. The van der Waals surface area contributed by atoms with Crippen molar-refractivity contribution in [1.29, 1.82) is 0 Å². The molecule has 3 aliphatic heterocycles. The van der Waals surface area contributed by atoms with Crippen LogP contribution < -0.4 is 0 Å². The molecule has 3 aliphatic rings. The van der Waals surface area contributed by atoms with Gasteiger partial charge in [-0.1, -0.05) is 6.08 Å². The molecule has 1 amide bonds. The summed E-state index contributed by atoms with van der Waals surface area (Å²) < 4.78 is 15.8. The average Bonchev–Trinajstić information content (AvgIpc) is 3.36. The minimum absolute atomic E-state index is 0.129. The Hall–Kier alpha value is -2.41. The van der Waals surface area contributed by atoms with E-state index in [9.17, 15) is 14.4 Å². The molecule has 0 aromatic heterocycles. The Morgan fingerprint density at radius 3 is 2.37 bits per heavy atom. The molecule has 2 bridgehead atoms. The molecule has 0 aromatic rings. The summed E-state index contributed by atoms with van der Waals surface area (Å²) in [4.78, 5) is 38.7. The Labute approximate surface area is 158 Å². The SMILES string of the molecule is COC(=O)C1=C(C(=O)OC)[C@]2(/C=C\CCC(=O)N3CCCC3)C=C[C@@]1(C)O2. The van der Waals surface area contributed by atoms with Crippen LogP contribution in [0.25, 0.3) is 0 Å². The third-order valence-electron chi connectivity index (χ3n) is 5.30. The van der Waals surface area contributed by atoms with E-state index < -0.39 is 23.1 Å². The number of hydrogen-bond acceptors (Lipinski definition) is 6. The Morgan fingerprint density at radius 2 is 1.74 bits per heavy atom. The van der Waals surface area contributed by atoms with E-state index in [1.54, 1.807) is 25.2 Å². The molecule has 7 heteroatoms. The minimum Gasteiger partial charge on any atom is -0.466 e. The lowest BCUT2D eigenvalue weighted by Crippen LogP contribution is -2.30. The molecule has 0 aliphatic carbocycles. The van der Waals surface area contributed by atoms with Crippen molar-refractivity contribution in [3.8, 4) is 0 Å². The summed E-state index contributed by atoms with van der Waals surface area (Å²) in [7, 11) is 2.52. The third kappa shape index (κ3) is 3.32. The number of carbonyl (C=O) groups is 3. The smallest absolute Gasteiger partial charge is 0.338 e. The quantitative estimate of drug-likeness (QED) is 0.519. The number of carbonyl (C=O) groups excluding carboxylic acids is 3. The number of esters is 2. The molecule has 1 fully saturated rings. The van der Waals surface area contributed by atoms with Gasteiger partial charge in [0.1, 0.15) is 11.2 Å². The number of amides is 1. The second-order valence-electron chi connectivity index (χ2n) is 7.10. The van der Waals surface area contributed by atoms with Gasteiger partial charge in [0.15, 0.2) is 0 Å². The number of methoxy groups -OCH3 is 2. The van der Waals surface area contributed by atoms with E-state index >= 15 is 0 Å². The van der Waals surface area contributed by atoms with Crippen molar-refractivity contribution in [3.63, 3.8) is 0 Å². The van der Waals surface area contributed by atoms with Gasteiger partial charge in [-0.15, -0.1) is 0 Å². The van der Waals surface area contributed by atoms with E-state index in [-0.39, 0.29) is 17.1 Å². The molecule has 0 spiro atoms. The molecule has 0 aromatic carbocycles. The second kappa shape index (κ2) is 7.31. The van der Waals surface area contributed by atoms with Gasteiger partial charge in [0.05, 0.1) is 25.4 Å². The maximum absolute atomic E-state index is 12.4. The number of ether oxygens (including phenoxy) is 3. The zero-order valence-corrected chi connectivity index (χ0v) is 15.9. The van der Waals surface area contributed by atoms with Crippen molar-refractivity contribution >= 4 is 17.8 Å². The topological polar surface area (TPSA) is 82.1 Å². The highest BCUT2D eigenvalue weighted by Gasteiger charge is 2.59. The fraction of sp³-hybridized carbons (Fsp3) is 0.550. The zero-order chi connectivity index (χ0) is 19.7. The Morgan fingerprint density at radius 1 is 1.11 bits per heavy atom. The second-order valence-corrected chi connectivity index (χ2v) is 7.10. The van der Waals surface area contributed by atoms with Crippen LogP contribution in [-0.2, 0) is 28.6 Å². The monoisotopic (exact) mass is 375 g/mol. The number of allylic oxidation sites excluding steroid dienone is 1. The Bertz CT molecular complexity index is 746. The van der Waals surface area contributed by atoms with Crippen LogP contribution in [0.2, 0.25) is 0 Å². The molecule has 3 heterocycles. The highest BCUT2D eigenvalue weighted by atomic mass is 16.6. The van der Waals surface area contributed by atoms with Gasteiger partial charge in [-0.25, -0.2) is 9.59 Å². The molecule has 0 N–H and O–H groups in total. The molecule has 0 radical (unpaired) electrons. The lowest BCUT2D eigenvalue weighted by atomic mass is 9.82. The van der Waals surface area contributed by atoms with Crippen molar-refractivity contribution in [1.82, 2.24) is 4.90 Å². The predicted molar refractivity (Wildman–Crippen MR) is 96.6 cm³/mol. The van der Waals surface area contributed by atoms with Crippen LogP contribution >= 0.6 is 0 Å². The van der Waals surface area contributed by atoms with Gasteiger partial charge in [-0.2, -0.15) is 0 Å². The number of hydrogen-bond donors (Lipinski definition) is 0. The highest BCUT2D eigenvalue weighted by molar-refractivity contribution is 6.06. The maximum Gasteiger partial charge on any atom is 0.338 e. The first-order chi connectivity index (χ1) is 12.9. The number of fused-ring (bicyclic) bond motifs is 2. The summed E-state index contributed by atoms with van der Waals surface area (Å²) in [6.45, 7) is 3.36. The van der Waals surface area contributed by atoms with Gasteiger partial charge >= 0.3 is 11.9 Å². The van der Waals surface area contributed by atoms with E-state index in [1.807, 2.05) is 11.0 Å². The first kappa shape index (κ1) is 19.4. The minimum atomic E-state index is -1.18.